The van der Waals surface area contributed by atoms with Gasteiger partial charge in [0.1, 0.15) is 11.5 Å². The molecule has 8 heteroatoms. The third-order valence-corrected chi connectivity index (χ3v) is 5.65. The van der Waals surface area contributed by atoms with Gasteiger partial charge in [-0.25, -0.2) is 0 Å². The molecular formula is C21H18BrN3O3S. The van der Waals surface area contributed by atoms with E-state index in [0.29, 0.717) is 43.3 Å². The van der Waals surface area contributed by atoms with Crippen molar-refractivity contribution in [2.45, 2.75) is 25.8 Å². The van der Waals surface area contributed by atoms with E-state index in [1.165, 1.54) is 0 Å². The summed E-state index contributed by atoms with van der Waals surface area (Å²) in [5.41, 5.74) is 0.993. The van der Waals surface area contributed by atoms with Crippen molar-refractivity contribution in [3.8, 4) is 22.0 Å². The number of aromatic nitrogens is 2. The first-order chi connectivity index (χ1) is 14.2. The molecule has 1 N–H and O–H groups in total. The lowest BCUT2D eigenvalue weighted by atomic mass is 10.2. The van der Waals surface area contributed by atoms with Gasteiger partial charge in [-0.2, -0.15) is 4.98 Å². The Kier molecular flexibility index (Phi) is 6.21. The largest absolute Gasteiger partial charge is 0.459 e. The summed E-state index contributed by atoms with van der Waals surface area (Å²) in [5.74, 6) is 2.60. The van der Waals surface area contributed by atoms with Gasteiger partial charge in [-0.3, -0.25) is 4.79 Å². The Morgan fingerprint density at radius 3 is 2.79 bits per heavy atom. The van der Waals surface area contributed by atoms with Gasteiger partial charge in [-0.1, -0.05) is 39.3 Å². The number of rotatable bonds is 8. The van der Waals surface area contributed by atoms with Crippen LogP contribution >= 0.6 is 27.3 Å². The lowest BCUT2D eigenvalue weighted by molar-refractivity contribution is -0.121. The van der Waals surface area contributed by atoms with Gasteiger partial charge in [0.25, 0.3) is 0 Å². The van der Waals surface area contributed by atoms with Crippen LogP contribution in [0.4, 0.5) is 0 Å². The molecule has 1 amide bonds. The maximum atomic E-state index is 12.1. The Morgan fingerprint density at radius 1 is 1.14 bits per heavy atom. The lowest BCUT2D eigenvalue weighted by Crippen LogP contribution is -2.22. The van der Waals surface area contributed by atoms with E-state index in [1.807, 2.05) is 53.9 Å². The van der Waals surface area contributed by atoms with Crippen molar-refractivity contribution >= 4 is 33.2 Å². The number of halogens is 1. The molecule has 3 heterocycles. The third-order valence-electron chi connectivity index (χ3n) is 4.25. The van der Waals surface area contributed by atoms with E-state index in [9.17, 15) is 4.79 Å². The van der Waals surface area contributed by atoms with Gasteiger partial charge >= 0.3 is 0 Å². The summed E-state index contributed by atoms with van der Waals surface area (Å²) in [6, 6.07) is 15.6. The normalized spacial score (nSPS) is 10.9. The number of amides is 1. The first kappa shape index (κ1) is 19.6. The highest BCUT2D eigenvalue weighted by molar-refractivity contribution is 9.10. The molecule has 0 aliphatic carbocycles. The smallest absolute Gasteiger partial charge is 0.226 e. The summed E-state index contributed by atoms with van der Waals surface area (Å²) in [4.78, 5) is 17.4. The number of hydrogen-bond donors (Lipinski definition) is 1. The average molecular weight is 472 g/mol. The summed E-state index contributed by atoms with van der Waals surface area (Å²) in [6.45, 7) is 0.360. The van der Waals surface area contributed by atoms with Gasteiger partial charge in [0.15, 0.2) is 0 Å². The second-order valence-corrected chi connectivity index (χ2v) is 8.26. The number of carbonyl (C=O) groups is 1. The number of furan rings is 1. The zero-order valence-electron chi connectivity index (χ0n) is 15.4. The average Bonchev–Trinajstić information content (AvgIpc) is 3.48. The Balaban J connectivity index is 1.21. The molecule has 29 heavy (non-hydrogen) atoms. The molecule has 3 aromatic heterocycles. The summed E-state index contributed by atoms with van der Waals surface area (Å²) >= 11 is 4.98. The van der Waals surface area contributed by atoms with Crippen molar-refractivity contribution in [3.63, 3.8) is 0 Å². The number of aryl methyl sites for hydroxylation is 1. The molecule has 0 spiro atoms. The predicted octanol–water partition coefficient (Wildman–Crippen LogP) is 5.46. The topological polar surface area (TPSA) is 81.2 Å². The Morgan fingerprint density at radius 2 is 2.00 bits per heavy atom. The molecule has 4 rings (SSSR count). The van der Waals surface area contributed by atoms with E-state index in [2.05, 4.69) is 31.4 Å². The van der Waals surface area contributed by atoms with Crippen LogP contribution in [0.15, 0.2) is 67.3 Å². The molecule has 0 saturated carbocycles. The fraction of sp³-hybridized carbons (Fsp3) is 0.190. The fourth-order valence-corrected chi connectivity index (χ4v) is 3.69. The second kappa shape index (κ2) is 9.19. The molecule has 0 aliphatic heterocycles. The third kappa shape index (κ3) is 5.21. The molecule has 6 nitrogen and oxygen atoms in total. The van der Waals surface area contributed by atoms with E-state index >= 15 is 0 Å². The highest BCUT2D eigenvalue weighted by Crippen LogP contribution is 2.24. The monoisotopic (exact) mass is 471 g/mol. The molecule has 0 saturated heterocycles. The zero-order chi connectivity index (χ0) is 20.1. The molecule has 0 bridgehead atoms. The minimum absolute atomic E-state index is 0.0374. The van der Waals surface area contributed by atoms with Gasteiger partial charge in [0.05, 0.1) is 11.4 Å². The Hall–Kier alpha value is -2.71. The van der Waals surface area contributed by atoms with Gasteiger partial charge < -0.3 is 14.3 Å². The second-order valence-electron chi connectivity index (χ2n) is 6.39. The van der Waals surface area contributed by atoms with Crippen LogP contribution in [-0.4, -0.2) is 16.0 Å². The highest BCUT2D eigenvalue weighted by Gasteiger charge is 2.11. The maximum Gasteiger partial charge on any atom is 0.226 e. The van der Waals surface area contributed by atoms with E-state index in [1.54, 1.807) is 11.3 Å². The van der Waals surface area contributed by atoms with Crippen molar-refractivity contribution in [1.29, 1.82) is 0 Å². The van der Waals surface area contributed by atoms with Crippen molar-refractivity contribution in [1.82, 2.24) is 15.5 Å². The molecule has 1 aromatic carbocycles. The summed E-state index contributed by atoms with van der Waals surface area (Å²) < 4.78 is 12.1. The van der Waals surface area contributed by atoms with Crippen LogP contribution in [0.2, 0.25) is 0 Å². The maximum absolute atomic E-state index is 12.1. The minimum atomic E-state index is -0.0374. The lowest BCUT2D eigenvalue weighted by Gasteiger charge is -2.02. The Labute approximate surface area is 180 Å². The van der Waals surface area contributed by atoms with Crippen molar-refractivity contribution in [2.24, 2.45) is 0 Å². The number of nitrogens with one attached hydrogen (secondary N) is 1. The van der Waals surface area contributed by atoms with Crippen LogP contribution < -0.4 is 5.32 Å². The SMILES string of the molecule is O=C(CCCc1nc(-c2cccs2)no1)NCc1ccc(-c2ccc(Br)cc2)o1. The highest BCUT2D eigenvalue weighted by atomic mass is 79.9. The predicted molar refractivity (Wildman–Crippen MR) is 114 cm³/mol. The number of hydrogen-bond acceptors (Lipinski definition) is 6. The van der Waals surface area contributed by atoms with Crippen molar-refractivity contribution in [2.75, 3.05) is 0 Å². The zero-order valence-corrected chi connectivity index (χ0v) is 17.8. The molecule has 0 fully saturated rings. The van der Waals surface area contributed by atoms with Crippen LogP contribution in [-0.2, 0) is 17.8 Å². The molecule has 0 unspecified atom stereocenters. The van der Waals surface area contributed by atoms with Crippen LogP contribution in [0.1, 0.15) is 24.5 Å². The molecule has 4 aromatic rings. The van der Waals surface area contributed by atoms with Crippen LogP contribution in [0.5, 0.6) is 0 Å². The van der Waals surface area contributed by atoms with Crippen molar-refractivity contribution in [3.05, 3.63) is 70.0 Å². The van der Waals surface area contributed by atoms with Gasteiger partial charge in [-0.05, 0) is 42.1 Å². The fourth-order valence-electron chi connectivity index (χ4n) is 2.78. The van der Waals surface area contributed by atoms with E-state index in [-0.39, 0.29) is 5.91 Å². The molecule has 0 aliphatic rings. The first-order valence-corrected chi connectivity index (χ1v) is 10.8. The van der Waals surface area contributed by atoms with Gasteiger partial charge in [-0.15, -0.1) is 11.3 Å². The summed E-state index contributed by atoms with van der Waals surface area (Å²) in [5, 5.41) is 8.82. The van der Waals surface area contributed by atoms with Crippen LogP contribution in [0, 0.1) is 0 Å². The van der Waals surface area contributed by atoms with E-state index in [4.69, 9.17) is 8.94 Å². The first-order valence-electron chi connectivity index (χ1n) is 9.15. The molecule has 148 valence electrons. The molecule has 0 atom stereocenters. The number of benzene rings is 1. The summed E-state index contributed by atoms with van der Waals surface area (Å²) in [6.07, 6.45) is 1.59. The van der Waals surface area contributed by atoms with Gasteiger partial charge in [0, 0.05) is 22.9 Å². The number of carbonyl (C=O) groups excluding carboxylic acids is 1. The number of nitrogens with zero attached hydrogens (tertiary/aromatic N) is 2. The Bertz CT molecular complexity index is 1070. The standard InChI is InChI=1S/C21H18BrN3O3S/c22-15-8-6-14(7-9-15)17-11-10-16(27-17)13-23-19(26)4-1-5-20-24-21(25-28-20)18-3-2-12-29-18/h2-3,6-12H,1,4-5,13H2,(H,23,26). The van der Waals surface area contributed by atoms with Crippen molar-refractivity contribution < 1.29 is 13.7 Å². The quantitative estimate of drug-likeness (QED) is 0.368. The van der Waals surface area contributed by atoms with Gasteiger partial charge in [0.2, 0.25) is 17.6 Å². The van der Waals surface area contributed by atoms with E-state index in [0.717, 1.165) is 20.7 Å². The van der Waals surface area contributed by atoms with E-state index < -0.39 is 0 Å². The molecule has 0 radical (unpaired) electrons. The minimum Gasteiger partial charge on any atom is -0.459 e. The summed E-state index contributed by atoms with van der Waals surface area (Å²) in [7, 11) is 0. The van der Waals surface area contributed by atoms with Crippen LogP contribution in [0.25, 0.3) is 22.0 Å². The van der Waals surface area contributed by atoms with Crippen LogP contribution in [0.3, 0.4) is 0 Å². The number of thiophene rings is 1. The molecular weight excluding hydrogens is 454 g/mol.